The number of hydrogen-bond acceptors (Lipinski definition) is 2. The largest absolute Gasteiger partial charge is 0.380 e. The number of rotatable bonds is 8. The van der Waals surface area contributed by atoms with Crippen molar-refractivity contribution in [3.8, 4) is 0 Å². The number of aliphatic imine (C=N–C) groups is 1. The summed E-state index contributed by atoms with van der Waals surface area (Å²) in [7, 11) is 3.53. The van der Waals surface area contributed by atoms with Crippen LogP contribution in [0, 0.1) is 5.92 Å². The molecule has 4 nitrogen and oxygen atoms in total. The molecule has 124 valence electrons. The van der Waals surface area contributed by atoms with Crippen molar-refractivity contribution in [2.24, 2.45) is 10.9 Å². The molecule has 22 heavy (non-hydrogen) atoms. The standard InChI is InChI=1S/C18H31N3O/c1-14(2)10-11-15(3)21-18(19-4)20-12-16-8-6-7-9-17(16)13-22-5/h6-9,14-15H,10-13H2,1-5H3,(H2,19,20,21). The molecule has 0 spiro atoms. The van der Waals surface area contributed by atoms with E-state index >= 15 is 0 Å². The molecule has 2 N–H and O–H groups in total. The average molecular weight is 305 g/mol. The van der Waals surface area contributed by atoms with Gasteiger partial charge in [0.05, 0.1) is 6.61 Å². The van der Waals surface area contributed by atoms with Crippen LogP contribution in [0.3, 0.4) is 0 Å². The van der Waals surface area contributed by atoms with E-state index in [1.807, 2.05) is 13.1 Å². The Balaban J connectivity index is 2.50. The average Bonchev–Trinajstić information content (AvgIpc) is 2.51. The Kier molecular flexibility index (Phi) is 8.60. The summed E-state index contributed by atoms with van der Waals surface area (Å²) in [5.74, 6) is 1.59. The molecule has 0 amide bonds. The van der Waals surface area contributed by atoms with Crippen LogP contribution in [0.25, 0.3) is 0 Å². The van der Waals surface area contributed by atoms with E-state index in [1.165, 1.54) is 17.5 Å². The third-order valence-electron chi connectivity index (χ3n) is 3.65. The molecule has 4 heteroatoms. The van der Waals surface area contributed by atoms with Crippen molar-refractivity contribution >= 4 is 5.96 Å². The summed E-state index contributed by atoms with van der Waals surface area (Å²) in [6, 6.07) is 8.73. The summed E-state index contributed by atoms with van der Waals surface area (Å²) in [4.78, 5) is 4.31. The Morgan fingerprint density at radius 2 is 1.82 bits per heavy atom. The van der Waals surface area contributed by atoms with Crippen molar-refractivity contribution in [3.05, 3.63) is 35.4 Å². The van der Waals surface area contributed by atoms with Gasteiger partial charge in [-0.1, -0.05) is 38.1 Å². The minimum absolute atomic E-state index is 0.419. The van der Waals surface area contributed by atoms with Gasteiger partial charge in [-0.2, -0.15) is 0 Å². The first kappa shape index (κ1) is 18.5. The highest BCUT2D eigenvalue weighted by Gasteiger charge is 2.07. The van der Waals surface area contributed by atoms with E-state index in [0.29, 0.717) is 12.6 Å². The predicted molar refractivity (Wildman–Crippen MR) is 94.0 cm³/mol. The van der Waals surface area contributed by atoms with Gasteiger partial charge in [0.2, 0.25) is 0 Å². The summed E-state index contributed by atoms with van der Waals surface area (Å²) in [5, 5.41) is 6.84. The van der Waals surface area contributed by atoms with Crippen LogP contribution in [0.2, 0.25) is 0 Å². The lowest BCUT2D eigenvalue weighted by Crippen LogP contribution is -2.42. The molecule has 0 aromatic heterocycles. The fraction of sp³-hybridized carbons (Fsp3) is 0.611. The van der Waals surface area contributed by atoms with Crippen LogP contribution in [0.4, 0.5) is 0 Å². The Labute approximate surface area is 135 Å². The summed E-state index contributed by atoms with van der Waals surface area (Å²) in [5.41, 5.74) is 2.45. The SMILES string of the molecule is CN=C(NCc1ccccc1COC)NC(C)CCC(C)C. The quantitative estimate of drug-likeness (QED) is 0.572. The highest BCUT2D eigenvalue weighted by molar-refractivity contribution is 5.79. The van der Waals surface area contributed by atoms with Crippen molar-refractivity contribution in [2.75, 3.05) is 14.2 Å². The molecule has 0 saturated heterocycles. The van der Waals surface area contributed by atoms with Crippen LogP contribution in [0.1, 0.15) is 44.7 Å². The van der Waals surface area contributed by atoms with Gasteiger partial charge < -0.3 is 15.4 Å². The molecule has 0 aliphatic rings. The van der Waals surface area contributed by atoms with Crippen LogP contribution >= 0.6 is 0 Å². The lowest BCUT2D eigenvalue weighted by atomic mass is 10.0. The van der Waals surface area contributed by atoms with Crippen LogP contribution < -0.4 is 10.6 Å². The fourth-order valence-corrected chi connectivity index (χ4v) is 2.29. The maximum Gasteiger partial charge on any atom is 0.191 e. The van der Waals surface area contributed by atoms with Gasteiger partial charge in [-0.15, -0.1) is 0 Å². The smallest absolute Gasteiger partial charge is 0.191 e. The van der Waals surface area contributed by atoms with Gasteiger partial charge in [0, 0.05) is 26.7 Å². The van der Waals surface area contributed by atoms with Gasteiger partial charge in [0.15, 0.2) is 5.96 Å². The lowest BCUT2D eigenvalue weighted by Gasteiger charge is -2.19. The second-order valence-corrected chi connectivity index (χ2v) is 6.14. The lowest BCUT2D eigenvalue weighted by molar-refractivity contribution is 0.184. The second-order valence-electron chi connectivity index (χ2n) is 6.14. The third kappa shape index (κ3) is 6.94. The zero-order valence-electron chi connectivity index (χ0n) is 14.6. The molecule has 0 fully saturated rings. The molecule has 0 heterocycles. The molecular formula is C18H31N3O. The number of hydrogen-bond donors (Lipinski definition) is 2. The van der Waals surface area contributed by atoms with Gasteiger partial charge in [-0.05, 0) is 36.8 Å². The van der Waals surface area contributed by atoms with E-state index in [-0.39, 0.29) is 0 Å². The molecule has 1 aromatic rings. The highest BCUT2D eigenvalue weighted by Crippen LogP contribution is 2.10. The Hall–Kier alpha value is -1.55. The first-order valence-corrected chi connectivity index (χ1v) is 8.09. The Bertz CT molecular complexity index is 457. The molecular weight excluding hydrogens is 274 g/mol. The fourth-order valence-electron chi connectivity index (χ4n) is 2.29. The summed E-state index contributed by atoms with van der Waals surface area (Å²) < 4.78 is 5.25. The number of nitrogens with zero attached hydrogens (tertiary/aromatic N) is 1. The van der Waals surface area contributed by atoms with Gasteiger partial charge in [0.1, 0.15) is 0 Å². The van der Waals surface area contributed by atoms with E-state index in [1.54, 1.807) is 7.11 Å². The first-order chi connectivity index (χ1) is 10.6. The van der Waals surface area contributed by atoms with E-state index in [2.05, 4.69) is 54.6 Å². The van der Waals surface area contributed by atoms with Crippen LogP contribution in [0.5, 0.6) is 0 Å². The van der Waals surface area contributed by atoms with Crippen LogP contribution in [0.15, 0.2) is 29.3 Å². The van der Waals surface area contributed by atoms with E-state index in [0.717, 1.165) is 24.8 Å². The summed E-state index contributed by atoms with van der Waals surface area (Å²) in [6.07, 6.45) is 2.38. The van der Waals surface area contributed by atoms with Crippen LogP contribution in [-0.2, 0) is 17.9 Å². The third-order valence-corrected chi connectivity index (χ3v) is 3.65. The number of benzene rings is 1. The summed E-state index contributed by atoms with van der Waals surface area (Å²) in [6.45, 7) is 8.10. The normalized spacial score (nSPS) is 13.3. The molecule has 1 aromatic carbocycles. The molecule has 1 rings (SSSR count). The molecule has 0 saturated carbocycles. The second kappa shape index (κ2) is 10.2. The molecule has 0 radical (unpaired) electrons. The number of nitrogens with one attached hydrogen (secondary N) is 2. The zero-order valence-corrected chi connectivity index (χ0v) is 14.6. The van der Waals surface area contributed by atoms with Crippen molar-refractivity contribution in [3.63, 3.8) is 0 Å². The monoisotopic (exact) mass is 305 g/mol. The molecule has 0 aliphatic carbocycles. The van der Waals surface area contributed by atoms with Crippen molar-refractivity contribution < 1.29 is 4.74 Å². The number of guanidine groups is 1. The Morgan fingerprint density at radius 3 is 2.41 bits per heavy atom. The molecule has 1 atom stereocenters. The maximum absolute atomic E-state index is 5.25. The van der Waals surface area contributed by atoms with E-state index < -0.39 is 0 Å². The molecule has 0 aliphatic heterocycles. The number of ether oxygens (including phenoxy) is 1. The van der Waals surface area contributed by atoms with E-state index in [4.69, 9.17) is 4.74 Å². The van der Waals surface area contributed by atoms with Gasteiger partial charge in [0.25, 0.3) is 0 Å². The maximum atomic E-state index is 5.25. The first-order valence-electron chi connectivity index (χ1n) is 8.09. The minimum atomic E-state index is 0.419. The molecule has 0 bridgehead atoms. The van der Waals surface area contributed by atoms with Crippen molar-refractivity contribution in [1.82, 2.24) is 10.6 Å². The number of methoxy groups -OCH3 is 1. The zero-order chi connectivity index (χ0) is 16.4. The molecule has 1 unspecified atom stereocenters. The predicted octanol–water partition coefficient (Wildman–Crippen LogP) is 3.32. The van der Waals surface area contributed by atoms with Crippen molar-refractivity contribution in [1.29, 1.82) is 0 Å². The minimum Gasteiger partial charge on any atom is -0.380 e. The van der Waals surface area contributed by atoms with Gasteiger partial charge in [-0.25, -0.2) is 0 Å². The van der Waals surface area contributed by atoms with Gasteiger partial charge >= 0.3 is 0 Å². The topological polar surface area (TPSA) is 45.7 Å². The van der Waals surface area contributed by atoms with Crippen molar-refractivity contribution in [2.45, 2.75) is 52.8 Å². The highest BCUT2D eigenvalue weighted by atomic mass is 16.5. The Morgan fingerprint density at radius 1 is 1.14 bits per heavy atom. The summed E-state index contributed by atoms with van der Waals surface area (Å²) >= 11 is 0. The van der Waals surface area contributed by atoms with E-state index in [9.17, 15) is 0 Å². The van der Waals surface area contributed by atoms with Gasteiger partial charge in [-0.3, -0.25) is 4.99 Å². The van der Waals surface area contributed by atoms with Crippen LogP contribution in [-0.4, -0.2) is 26.2 Å².